The van der Waals surface area contributed by atoms with Gasteiger partial charge in [-0.3, -0.25) is 4.90 Å². The fourth-order valence-electron chi connectivity index (χ4n) is 4.31. The number of ether oxygens (including phenoxy) is 1. The van der Waals surface area contributed by atoms with E-state index >= 15 is 0 Å². The van der Waals surface area contributed by atoms with Crippen molar-refractivity contribution in [3.63, 3.8) is 0 Å². The summed E-state index contributed by atoms with van der Waals surface area (Å²) >= 11 is 0. The summed E-state index contributed by atoms with van der Waals surface area (Å²) < 4.78 is 5.52. The molecule has 0 aromatic rings. The molecule has 2 nitrogen and oxygen atoms in total. The van der Waals surface area contributed by atoms with Crippen LogP contribution in [0.4, 0.5) is 0 Å². The maximum Gasteiger partial charge on any atom is 0.0746 e. The van der Waals surface area contributed by atoms with E-state index in [0.717, 1.165) is 19.1 Å². The Morgan fingerprint density at radius 3 is 2.62 bits per heavy atom. The summed E-state index contributed by atoms with van der Waals surface area (Å²) in [5, 5.41) is 0.0623. The molecule has 2 heterocycles. The predicted molar refractivity (Wildman–Crippen MR) is 65.7 cm³/mol. The van der Waals surface area contributed by atoms with Gasteiger partial charge in [-0.2, -0.15) is 0 Å². The van der Waals surface area contributed by atoms with Gasteiger partial charge < -0.3 is 4.74 Å². The minimum Gasteiger partial charge on any atom is -0.377 e. The van der Waals surface area contributed by atoms with Gasteiger partial charge in [0.15, 0.2) is 0 Å². The zero-order chi connectivity index (χ0) is 11.4. The first kappa shape index (κ1) is 11.1. The van der Waals surface area contributed by atoms with Crippen LogP contribution in [0.3, 0.4) is 0 Å². The van der Waals surface area contributed by atoms with Crippen LogP contribution in [-0.2, 0) is 4.74 Å². The molecule has 1 saturated carbocycles. The Balaban J connectivity index is 1.90. The van der Waals surface area contributed by atoms with Crippen LogP contribution >= 0.6 is 0 Å². The molecular weight excluding hydrogens is 197 g/mol. The van der Waals surface area contributed by atoms with Crippen LogP contribution in [0, 0.1) is 11.8 Å². The summed E-state index contributed by atoms with van der Waals surface area (Å²) in [7, 11) is 8.78. The molecule has 3 heteroatoms. The molecule has 3 fully saturated rings. The summed E-state index contributed by atoms with van der Waals surface area (Å²) in [6, 6.07) is 0. The third-order valence-electron chi connectivity index (χ3n) is 5.49. The van der Waals surface area contributed by atoms with Crippen molar-refractivity contribution in [2.24, 2.45) is 11.8 Å². The largest absolute Gasteiger partial charge is 0.377 e. The number of piperidine rings is 1. The first-order valence-corrected chi connectivity index (χ1v) is 6.64. The molecule has 3 aliphatic rings. The molecule has 1 spiro atoms. The molecule has 0 aromatic carbocycles. The lowest BCUT2D eigenvalue weighted by Crippen LogP contribution is -2.70. The normalized spacial score (nSPS) is 47.4. The molecule has 3 atom stereocenters. The summed E-state index contributed by atoms with van der Waals surface area (Å²) in [5.41, 5.74) is 0.337. The minimum atomic E-state index is 0.0623. The van der Waals surface area contributed by atoms with Crippen LogP contribution < -0.4 is 0 Å². The van der Waals surface area contributed by atoms with Crippen LogP contribution in [-0.4, -0.2) is 45.1 Å². The first-order valence-electron chi connectivity index (χ1n) is 6.64. The lowest BCUT2D eigenvalue weighted by molar-refractivity contribution is -0.200. The van der Waals surface area contributed by atoms with Crippen LogP contribution in [0.5, 0.6) is 0 Å². The molecule has 3 unspecified atom stereocenters. The SMILES string of the molecule is [B]C1(C)CCCC2C1CCN(C)C21COC1. The first-order chi connectivity index (χ1) is 7.56. The van der Waals surface area contributed by atoms with E-state index in [1.165, 1.54) is 32.2 Å². The number of likely N-dealkylation sites (N-methyl/N-ethyl adjacent to an activating group) is 1. The second-order valence-electron chi connectivity index (χ2n) is 6.42. The van der Waals surface area contributed by atoms with Gasteiger partial charge in [0.25, 0.3) is 0 Å². The Hall–Kier alpha value is -0.0151. The maximum absolute atomic E-state index is 6.52. The molecule has 0 aromatic heterocycles. The van der Waals surface area contributed by atoms with Crippen molar-refractivity contribution >= 4 is 7.85 Å². The number of fused-ring (bicyclic) bond motifs is 2. The van der Waals surface area contributed by atoms with E-state index < -0.39 is 0 Å². The number of hydrogen-bond acceptors (Lipinski definition) is 2. The van der Waals surface area contributed by atoms with Crippen molar-refractivity contribution in [3.05, 3.63) is 0 Å². The predicted octanol–water partition coefficient (Wildman–Crippen LogP) is 1.85. The molecule has 0 amide bonds. The van der Waals surface area contributed by atoms with Gasteiger partial charge in [-0.15, -0.1) is 0 Å². The van der Waals surface area contributed by atoms with Crippen LogP contribution in [0.2, 0.25) is 5.31 Å². The number of nitrogens with zero attached hydrogens (tertiary/aromatic N) is 1. The highest BCUT2D eigenvalue weighted by molar-refractivity contribution is 6.15. The molecule has 0 N–H and O–H groups in total. The zero-order valence-corrected chi connectivity index (χ0v) is 10.5. The number of rotatable bonds is 0. The molecule has 1 aliphatic carbocycles. The molecule has 3 rings (SSSR count). The van der Waals surface area contributed by atoms with Crippen molar-refractivity contribution in [1.29, 1.82) is 0 Å². The van der Waals surface area contributed by atoms with Crippen molar-refractivity contribution in [1.82, 2.24) is 4.90 Å². The van der Waals surface area contributed by atoms with Gasteiger partial charge in [0.05, 0.1) is 26.6 Å². The van der Waals surface area contributed by atoms with Gasteiger partial charge in [-0.25, -0.2) is 0 Å². The lowest BCUT2D eigenvalue weighted by Gasteiger charge is -2.62. The van der Waals surface area contributed by atoms with Crippen molar-refractivity contribution in [2.75, 3.05) is 26.8 Å². The molecule has 2 radical (unpaired) electrons. The monoisotopic (exact) mass is 219 g/mol. The Morgan fingerprint density at radius 2 is 2.00 bits per heavy atom. The van der Waals surface area contributed by atoms with E-state index in [-0.39, 0.29) is 5.31 Å². The van der Waals surface area contributed by atoms with E-state index in [4.69, 9.17) is 12.6 Å². The van der Waals surface area contributed by atoms with Gasteiger partial charge >= 0.3 is 0 Å². The second kappa shape index (κ2) is 3.49. The van der Waals surface area contributed by atoms with E-state index in [0.29, 0.717) is 11.5 Å². The fraction of sp³-hybridized carbons (Fsp3) is 1.00. The zero-order valence-electron chi connectivity index (χ0n) is 10.5. The van der Waals surface area contributed by atoms with Crippen molar-refractivity contribution < 1.29 is 4.74 Å². The van der Waals surface area contributed by atoms with E-state index in [2.05, 4.69) is 18.9 Å². The topological polar surface area (TPSA) is 12.5 Å². The molecule has 2 saturated heterocycles. The average Bonchev–Trinajstić information content (AvgIpc) is 2.14. The minimum absolute atomic E-state index is 0.0623. The van der Waals surface area contributed by atoms with Crippen LogP contribution in [0.1, 0.15) is 32.6 Å². The van der Waals surface area contributed by atoms with Crippen molar-refractivity contribution in [3.8, 4) is 0 Å². The Kier molecular flexibility index (Phi) is 2.42. The highest BCUT2D eigenvalue weighted by atomic mass is 16.5. The summed E-state index contributed by atoms with van der Waals surface area (Å²) in [6.45, 7) is 5.32. The lowest BCUT2D eigenvalue weighted by atomic mass is 9.47. The Labute approximate surface area is 100 Å². The summed E-state index contributed by atoms with van der Waals surface area (Å²) in [4.78, 5) is 2.54. The summed E-state index contributed by atoms with van der Waals surface area (Å²) in [6.07, 6.45) is 5.12. The van der Waals surface area contributed by atoms with Gasteiger partial charge in [-0.1, -0.05) is 25.1 Å². The smallest absolute Gasteiger partial charge is 0.0746 e. The fourth-order valence-corrected chi connectivity index (χ4v) is 4.31. The number of likely N-dealkylation sites (tertiary alicyclic amines) is 1. The van der Waals surface area contributed by atoms with E-state index in [9.17, 15) is 0 Å². The highest BCUT2D eigenvalue weighted by Crippen LogP contribution is 2.56. The Morgan fingerprint density at radius 1 is 1.25 bits per heavy atom. The molecule has 2 aliphatic heterocycles. The molecule has 0 bridgehead atoms. The highest BCUT2D eigenvalue weighted by Gasteiger charge is 2.57. The van der Waals surface area contributed by atoms with Gasteiger partial charge in [0.2, 0.25) is 0 Å². The third kappa shape index (κ3) is 1.34. The van der Waals surface area contributed by atoms with E-state index in [1.54, 1.807) is 0 Å². The van der Waals surface area contributed by atoms with Crippen LogP contribution in [0.25, 0.3) is 0 Å². The summed E-state index contributed by atoms with van der Waals surface area (Å²) in [5.74, 6) is 1.48. The van der Waals surface area contributed by atoms with Gasteiger partial charge in [0.1, 0.15) is 0 Å². The quantitative estimate of drug-likeness (QED) is 0.576. The number of hydrogen-bond donors (Lipinski definition) is 0. The van der Waals surface area contributed by atoms with Crippen molar-refractivity contribution in [2.45, 2.75) is 43.5 Å². The molecular formula is C13H22BNO. The standard InChI is InChI=1S/C13H22BNO/c1-12(14)6-3-4-11-10(12)5-7-15(2)13(11)8-16-9-13/h10-11H,3-9H2,1-2H3. The average molecular weight is 219 g/mol. The second-order valence-corrected chi connectivity index (χ2v) is 6.42. The molecule has 88 valence electrons. The van der Waals surface area contributed by atoms with Gasteiger partial charge in [0, 0.05) is 0 Å². The van der Waals surface area contributed by atoms with Gasteiger partial charge in [-0.05, 0) is 38.3 Å². The molecule has 16 heavy (non-hydrogen) atoms. The Bertz CT molecular complexity index is 288. The van der Waals surface area contributed by atoms with Crippen LogP contribution in [0.15, 0.2) is 0 Å². The maximum atomic E-state index is 6.52. The van der Waals surface area contributed by atoms with E-state index in [1.807, 2.05) is 0 Å². The third-order valence-corrected chi connectivity index (χ3v) is 5.49.